The molecular weight excluding hydrogens is 310 g/mol. The molecule has 0 bridgehead atoms. The van der Waals surface area contributed by atoms with Crippen molar-refractivity contribution in [2.75, 3.05) is 13.1 Å². The lowest BCUT2D eigenvalue weighted by atomic mass is 9.93. The molecule has 1 aromatic heterocycles. The summed E-state index contributed by atoms with van der Waals surface area (Å²) in [7, 11) is -3.55. The van der Waals surface area contributed by atoms with Crippen LogP contribution in [0.4, 0.5) is 0 Å². The normalized spacial score (nSPS) is 21.4. The summed E-state index contributed by atoms with van der Waals surface area (Å²) in [5, 5.41) is 0.854. The Labute approximate surface area is 137 Å². The van der Waals surface area contributed by atoms with E-state index in [1.165, 1.54) is 0 Å². The van der Waals surface area contributed by atoms with Crippen molar-refractivity contribution in [1.82, 2.24) is 9.29 Å². The standard InChI is InChI=1S/C17H23N3O2S/c1-12-9-14-5-3-7-16(17(14)19-10-12)23(21,22)20-8-4-6-15(11-20)13(2)18/h3,5,7,9-10,13,15H,4,6,8,11,18H2,1-2H3/t13-,15+/m0/s1. The van der Waals surface area contributed by atoms with E-state index in [0.717, 1.165) is 23.8 Å². The first-order valence-corrected chi connectivity index (χ1v) is 9.44. The molecule has 2 aromatic rings. The number of benzene rings is 1. The molecule has 2 heterocycles. The van der Waals surface area contributed by atoms with Crippen molar-refractivity contribution in [3.05, 3.63) is 36.0 Å². The highest BCUT2D eigenvalue weighted by Gasteiger charge is 2.32. The van der Waals surface area contributed by atoms with E-state index in [2.05, 4.69) is 4.98 Å². The van der Waals surface area contributed by atoms with E-state index in [1.807, 2.05) is 26.0 Å². The van der Waals surface area contributed by atoms with Gasteiger partial charge in [-0.25, -0.2) is 8.42 Å². The van der Waals surface area contributed by atoms with Gasteiger partial charge >= 0.3 is 0 Å². The maximum atomic E-state index is 13.1. The maximum absolute atomic E-state index is 13.1. The van der Waals surface area contributed by atoms with Crippen LogP contribution in [-0.2, 0) is 10.0 Å². The first kappa shape index (κ1) is 16.4. The maximum Gasteiger partial charge on any atom is 0.245 e. The Morgan fingerprint density at radius 1 is 1.39 bits per heavy atom. The Bertz CT molecular complexity index is 818. The third-order valence-electron chi connectivity index (χ3n) is 4.59. The summed E-state index contributed by atoms with van der Waals surface area (Å²) >= 11 is 0. The third-order valence-corrected chi connectivity index (χ3v) is 6.49. The molecule has 2 N–H and O–H groups in total. The monoisotopic (exact) mass is 333 g/mol. The van der Waals surface area contributed by atoms with Crippen molar-refractivity contribution >= 4 is 20.9 Å². The zero-order valence-corrected chi connectivity index (χ0v) is 14.4. The van der Waals surface area contributed by atoms with Gasteiger partial charge in [0.2, 0.25) is 10.0 Å². The SMILES string of the molecule is Cc1cnc2c(S(=O)(=O)N3CCC[C@@H]([C@H](C)N)C3)cccc2c1. The highest BCUT2D eigenvalue weighted by molar-refractivity contribution is 7.89. The van der Waals surface area contributed by atoms with Gasteiger partial charge in [0.1, 0.15) is 4.90 Å². The predicted molar refractivity (Wildman–Crippen MR) is 91.6 cm³/mol. The number of piperidine rings is 1. The van der Waals surface area contributed by atoms with Crippen LogP contribution in [0.15, 0.2) is 35.4 Å². The minimum absolute atomic E-state index is 0.00120. The van der Waals surface area contributed by atoms with Gasteiger partial charge < -0.3 is 5.73 Å². The predicted octanol–water partition coefficient (Wildman–Crippen LogP) is 2.29. The lowest BCUT2D eigenvalue weighted by Crippen LogP contribution is -2.45. The van der Waals surface area contributed by atoms with Crippen LogP contribution in [0.2, 0.25) is 0 Å². The molecule has 0 radical (unpaired) electrons. The number of nitrogens with two attached hydrogens (primary N) is 1. The topological polar surface area (TPSA) is 76.3 Å². The van der Waals surface area contributed by atoms with Crippen LogP contribution >= 0.6 is 0 Å². The Morgan fingerprint density at radius 3 is 2.91 bits per heavy atom. The van der Waals surface area contributed by atoms with Gasteiger partial charge in [-0.05, 0) is 50.3 Å². The zero-order valence-electron chi connectivity index (χ0n) is 13.6. The van der Waals surface area contributed by atoms with E-state index in [0.29, 0.717) is 23.5 Å². The van der Waals surface area contributed by atoms with Crippen molar-refractivity contribution in [2.24, 2.45) is 11.7 Å². The Hall–Kier alpha value is -1.50. The summed E-state index contributed by atoms with van der Waals surface area (Å²) in [5.41, 5.74) is 7.54. The molecule has 5 nitrogen and oxygen atoms in total. The fourth-order valence-electron chi connectivity index (χ4n) is 3.21. The number of sulfonamides is 1. The van der Waals surface area contributed by atoms with E-state index in [9.17, 15) is 8.42 Å². The Kier molecular flexibility index (Phi) is 4.40. The minimum Gasteiger partial charge on any atom is -0.328 e. The van der Waals surface area contributed by atoms with Crippen molar-refractivity contribution in [1.29, 1.82) is 0 Å². The molecule has 0 saturated carbocycles. The molecule has 3 rings (SSSR count). The summed E-state index contributed by atoms with van der Waals surface area (Å²) in [6, 6.07) is 7.29. The molecule has 0 unspecified atom stereocenters. The van der Waals surface area contributed by atoms with Crippen molar-refractivity contribution in [3.8, 4) is 0 Å². The second-order valence-electron chi connectivity index (χ2n) is 6.47. The second kappa shape index (κ2) is 6.19. The molecule has 1 aliphatic rings. The van der Waals surface area contributed by atoms with Gasteiger partial charge in [-0.1, -0.05) is 12.1 Å². The molecular formula is C17H23N3O2S. The molecule has 23 heavy (non-hydrogen) atoms. The van der Waals surface area contributed by atoms with E-state index in [1.54, 1.807) is 22.6 Å². The van der Waals surface area contributed by atoms with Gasteiger partial charge in [0.05, 0.1) is 5.52 Å². The van der Waals surface area contributed by atoms with Crippen LogP contribution in [-0.4, -0.2) is 36.8 Å². The van der Waals surface area contributed by atoms with Gasteiger partial charge in [0.25, 0.3) is 0 Å². The van der Waals surface area contributed by atoms with Crippen molar-refractivity contribution in [2.45, 2.75) is 37.6 Å². The summed E-state index contributed by atoms with van der Waals surface area (Å²) in [6.45, 7) is 4.94. The first-order valence-electron chi connectivity index (χ1n) is 8.00. The number of rotatable bonds is 3. The first-order chi connectivity index (χ1) is 10.9. The summed E-state index contributed by atoms with van der Waals surface area (Å²) in [6.07, 6.45) is 3.54. The quantitative estimate of drug-likeness (QED) is 0.935. The lowest BCUT2D eigenvalue weighted by Gasteiger charge is -2.33. The molecule has 0 spiro atoms. The molecule has 1 aromatic carbocycles. The largest absolute Gasteiger partial charge is 0.328 e. The number of aryl methyl sites for hydroxylation is 1. The van der Waals surface area contributed by atoms with Crippen molar-refractivity contribution < 1.29 is 8.42 Å². The average Bonchev–Trinajstić information content (AvgIpc) is 2.54. The number of hydrogen-bond donors (Lipinski definition) is 1. The van der Waals surface area contributed by atoms with E-state index in [4.69, 9.17) is 5.73 Å². The smallest absolute Gasteiger partial charge is 0.245 e. The molecule has 0 aliphatic carbocycles. The van der Waals surface area contributed by atoms with Crippen molar-refractivity contribution in [3.63, 3.8) is 0 Å². The number of para-hydroxylation sites is 1. The molecule has 0 amide bonds. The van der Waals surface area contributed by atoms with Crippen LogP contribution in [0.25, 0.3) is 10.9 Å². The van der Waals surface area contributed by atoms with Gasteiger partial charge in [0, 0.05) is 30.7 Å². The van der Waals surface area contributed by atoms with Gasteiger partial charge in [-0.15, -0.1) is 0 Å². The molecule has 2 atom stereocenters. The Balaban J connectivity index is 2.03. The fourth-order valence-corrected chi connectivity index (χ4v) is 4.91. The van der Waals surface area contributed by atoms with Crippen LogP contribution in [0.5, 0.6) is 0 Å². The highest BCUT2D eigenvalue weighted by atomic mass is 32.2. The third kappa shape index (κ3) is 3.11. The molecule has 1 saturated heterocycles. The van der Waals surface area contributed by atoms with Crippen LogP contribution in [0.3, 0.4) is 0 Å². The van der Waals surface area contributed by atoms with E-state index < -0.39 is 10.0 Å². The zero-order chi connectivity index (χ0) is 16.6. The van der Waals surface area contributed by atoms with Gasteiger partial charge in [-0.2, -0.15) is 4.31 Å². The minimum atomic E-state index is -3.55. The van der Waals surface area contributed by atoms with Gasteiger partial charge in [0.15, 0.2) is 0 Å². The molecule has 1 fully saturated rings. The summed E-state index contributed by atoms with van der Waals surface area (Å²) in [4.78, 5) is 4.66. The highest BCUT2D eigenvalue weighted by Crippen LogP contribution is 2.28. The van der Waals surface area contributed by atoms with Crippen LogP contribution in [0, 0.1) is 12.8 Å². The number of nitrogens with zero attached hydrogens (tertiary/aromatic N) is 2. The average molecular weight is 333 g/mol. The number of fused-ring (bicyclic) bond motifs is 1. The second-order valence-corrected chi connectivity index (χ2v) is 8.37. The summed E-state index contributed by atoms with van der Waals surface area (Å²) in [5.74, 6) is 0.212. The fraction of sp³-hybridized carbons (Fsp3) is 0.471. The summed E-state index contributed by atoms with van der Waals surface area (Å²) < 4.78 is 27.8. The molecule has 6 heteroatoms. The van der Waals surface area contributed by atoms with Crippen LogP contribution < -0.4 is 5.73 Å². The number of aromatic nitrogens is 1. The number of hydrogen-bond acceptors (Lipinski definition) is 4. The molecule has 124 valence electrons. The van der Waals surface area contributed by atoms with E-state index >= 15 is 0 Å². The number of pyridine rings is 1. The lowest BCUT2D eigenvalue weighted by molar-refractivity contribution is 0.243. The van der Waals surface area contributed by atoms with Crippen LogP contribution in [0.1, 0.15) is 25.3 Å². The van der Waals surface area contributed by atoms with E-state index in [-0.39, 0.29) is 12.0 Å². The van der Waals surface area contributed by atoms with Gasteiger partial charge in [-0.3, -0.25) is 4.98 Å². The molecule has 1 aliphatic heterocycles. The Morgan fingerprint density at radius 2 is 2.17 bits per heavy atom.